The van der Waals surface area contributed by atoms with Crippen molar-refractivity contribution in [1.82, 2.24) is 15.2 Å². The zero-order chi connectivity index (χ0) is 20.4. The normalized spacial score (nSPS) is 19.0. The Labute approximate surface area is 170 Å². The van der Waals surface area contributed by atoms with E-state index in [1.165, 1.54) is 6.07 Å². The molecule has 2 aliphatic rings. The minimum atomic E-state index is -0.286. The molecule has 29 heavy (non-hydrogen) atoms. The van der Waals surface area contributed by atoms with Gasteiger partial charge in [-0.2, -0.15) is 0 Å². The van der Waals surface area contributed by atoms with Gasteiger partial charge < -0.3 is 19.9 Å². The minimum absolute atomic E-state index is 0.00192. The lowest BCUT2D eigenvalue weighted by Gasteiger charge is -2.35. The number of ether oxygens (including phenoxy) is 1. The number of methoxy groups -OCH3 is 1. The molecule has 1 amide bonds. The zero-order valence-corrected chi connectivity index (χ0v) is 16.7. The van der Waals surface area contributed by atoms with Crippen LogP contribution in [0, 0.1) is 5.82 Å². The number of benzene rings is 1. The lowest BCUT2D eigenvalue weighted by Crippen LogP contribution is -2.48. The van der Waals surface area contributed by atoms with Gasteiger partial charge in [-0.05, 0) is 29.8 Å². The van der Waals surface area contributed by atoms with E-state index in [4.69, 9.17) is 4.74 Å². The van der Waals surface area contributed by atoms with E-state index in [0.29, 0.717) is 17.7 Å². The summed E-state index contributed by atoms with van der Waals surface area (Å²) in [6.07, 6.45) is 4.37. The Bertz CT molecular complexity index is 921. The number of anilines is 1. The van der Waals surface area contributed by atoms with E-state index in [0.717, 1.165) is 43.1 Å². The second kappa shape index (κ2) is 8.11. The summed E-state index contributed by atoms with van der Waals surface area (Å²) in [5, 5.41) is 3.31. The van der Waals surface area contributed by atoms with E-state index in [2.05, 4.69) is 21.3 Å². The third kappa shape index (κ3) is 3.90. The highest BCUT2D eigenvalue weighted by Gasteiger charge is 2.25. The molecule has 1 aromatic carbocycles. The van der Waals surface area contributed by atoms with Gasteiger partial charge in [0, 0.05) is 45.7 Å². The molecule has 1 N–H and O–H groups in total. The van der Waals surface area contributed by atoms with E-state index in [1.54, 1.807) is 26.2 Å². The number of carbonyl (C=O) groups excluding carboxylic acids is 1. The summed E-state index contributed by atoms with van der Waals surface area (Å²) in [4.78, 5) is 20.2. The number of nitrogens with zero attached hydrogens (tertiary/aromatic N) is 3. The fraction of sp³-hybridized carbons (Fsp3) is 0.364. The third-order valence-electron chi connectivity index (χ3n) is 5.62. The predicted octanol–water partition coefficient (Wildman–Crippen LogP) is 2.97. The Kier molecular flexibility index (Phi) is 5.38. The maximum absolute atomic E-state index is 14.4. The highest BCUT2D eigenvalue weighted by atomic mass is 19.1. The lowest BCUT2D eigenvalue weighted by atomic mass is 9.99. The molecule has 7 heteroatoms. The average Bonchev–Trinajstić information content (AvgIpc) is 3.23. The van der Waals surface area contributed by atoms with Crippen LogP contribution in [-0.2, 0) is 4.79 Å². The molecule has 3 heterocycles. The first-order valence-corrected chi connectivity index (χ1v) is 9.81. The highest BCUT2D eigenvalue weighted by Crippen LogP contribution is 2.37. The third-order valence-corrected chi connectivity index (χ3v) is 5.62. The summed E-state index contributed by atoms with van der Waals surface area (Å²) < 4.78 is 19.7. The van der Waals surface area contributed by atoms with Crippen LogP contribution in [0.2, 0.25) is 0 Å². The molecule has 1 unspecified atom stereocenters. The number of carbonyl (C=O) groups is 1. The van der Waals surface area contributed by atoms with Gasteiger partial charge in [0.25, 0.3) is 0 Å². The molecule has 6 nitrogen and oxygen atoms in total. The first-order chi connectivity index (χ1) is 14.1. The quantitative estimate of drug-likeness (QED) is 0.861. The Morgan fingerprint density at radius 1 is 1.21 bits per heavy atom. The molecule has 0 radical (unpaired) electrons. The smallest absolute Gasteiger partial charge is 0.219 e. The van der Waals surface area contributed by atoms with Crippen LogP contribution < -0.4 is 15.0 Å². The number of rotatable bonds is 4. The number of halogens is 1. The number of pyridine rings is 1. The minimum Gasteiger partial charge on any atom is -0.496 e. The highest BCUT2D eigenvalue weighted by molar-refractivity contribution is 5.74. The topological polar surface area (TPSA) is 57.7 Å². The van der Waals surface area contributed by atoms with Gasteiger partial charge in [-0.3, -0.25) is 9.78 Å². The van der Waals surface area contributed by atoms with E-state index < -0.39 is 0 Å². The van der Waals surface area contributed by atoms with Crippen molar-refractivity contribution in [2.24, 2.45) is 0 Å². The Hall–Kier alpha value is -3.09. The SMILES string of the molecule is COc1cccc(F)c1C1=CNC(c2ccc(N3CCN(C(C)=O)CC3)cn2)C1. The van der Waals surface area contributed by atoms with Gasteiger partial charge in [0.05, 0.1) is 36.3 Å². The van der Waals surface area contributed by atoms with Crippen LogP contribution in [-0.4, -0.2) is 49.1 Å². The molecule has 0 saturated carbocycles. The molecule has 2 aliphatic heterocycles. The monoisotopic (exact) mass is 396 g/mol. The molecule has 2 aromatic rings. The predicted molar refractivity (Wildman–Crippen MR) is 110 cm³/mol. The van der Waals surface area contributed by atoms with Crippen molar-refractivity contribution in [3.05, 3.63) is 59.8 Å². The van der Waals surface area contributed by atoms with Crippen LogP contribution in [0.1, 0.15) is 30.6 Å². The van der Waals surface area contributed by atoms with Crippen molar-refractivity contribution >= 4 is 17.2 Å². The van der Waals surface area contributed by atoms with Gasteiger partial charge in [0.2, 0.25) is 5.91 Å². The Morgan fingerprint density at radius 2 is 2.00 bits per heavy atom. The van der Waals surface area contributed by atoms with Gasteiger partial charge in [-0.15, -0.1) is 0 Å². The fourth-order valence-corrected chi connectivity index (χ4v) is 3.96. The van der Waals surface area contributed by atoms with Crippen molar-refractivity contribution in [2.75, 3.05) is 38.2 Å². The number of hydrogen-bond acceptors (Lipinski definition) is 5. The van der Waals surface area contributed by atoms with Crippen LogP contribution in [0.25, 0.3) is 5.57 Å². The van der Waals surface area contributed by atoms with Crippen molar-refractivity contribution in [1.29, 1.82) is 0 Å². The first kappa shape index (κ1) is 19.2. The number of hydrogen-bond donors (Lipinski definition) is 1. The number of aromatic nitrogens is 1. The molecule has 1 aromatic heterocycles. The molecule has 152 valence electrons. The maximum Gasteiger partial charge on any atom is 0.219 e. The Balaban J connectivity index is 1.42. The van der Waals surface area contributed by atoms with Gasteiger partial charge in [-0.1, -0.05) is 6.07 Å². The first-order valence-electron chi connectivity index (χ1n) is 9.81. The number of nitrogens with one attached hydrogen (secondary N) is 1. The largest absolute Gasteiger partial charge is 0.496 e. The molecule has 1 fully saturated rings. The molecule has 0 aliphatic carbocycles. The molecule has 0 spiro atoms. The molecule has 1 atom stereocenters. The molecule has 4 rings (SSSR count). The molecule has 1 saturated heterocycles. The summed E-state index contributed by atoms with van der Waals surface area (Å²) >= 11 is 0. The van der Waals surface area contributed by atoms with Crippen LogP contribution in [0.5, 0.6) is 5.75 Å². The molecule has 0 bridgehead atoms. The standard InChI is InChI=1S/C22H25FN4O2/c1-15(28)26-8-10-27(11-9-26)17-6-7-19(25-14-17)20-12-16(13-24-20)22-18(23)4-3-5-21(22)29-2/h3-7,13-14,20,24H,8-12H2,1-2H3. The Morgan fingerprint density at radius 3 is 2.66 bits per heavy atom. The summed E-state index contributed by atoms with van der Waals surface area (Å²) in [7, 11) is 1.55. The maximum atomic E-state index is 14.4. The van der Waals surface area contributed by atoms with Crippen molar-refractivity contribution in [3.63, 3.8) is 0 Å². The van der Waals surface area contributed by atoms with Gasteiger partial charge in [-0.25, -0.2) is 4.39 Å². The van der Waals surface area contributed by atoms with Gasteiger partial charge in [0.1, 0.15) is 11.6 Å². The van der Waals surface area contributed by atoms with Crippen molar-refractivity contribution < 1.29 is 13.9 Å². The van der Waals surface area contributed by atoms with Crippen LogP contribution in [0.3, 0.4) is 0 Å². The van der Waals surface area contributed by atoms with Crippen molar-refractivity contribution in [3.8, 4) is 5.75 Å². The summed E-state index contributed by atoms with van der Waals surface area (Å²) in [6.45, 7) is 4.69. The van der Waals surface area contributed by atoms with E-state index in [-0.39, 0.29) is 17.8 Å². The number of amides is 1. The summed E-state index contributed by atoms with van der Waals surface area (Å²) in [5.74, 6) is 0.373. The van der Waals surface area contributed by atoms with Crippen LogP contribution >= 0.6 is 0 Å². The second-order valence-electron chi connectivity index (χ2n) is 7.34. The zero-order valence-electron chi connectivity index (χ0n) is 16.7. The molecular weight excluding hydrogens is 371 g/mol. The van der Waals surface area contributed by atoms with Crippen molar-refractivity contribution in [2.45, 2.75) is 19.4 Å². The van der Waals surface area contributed by atoms with Crippen LogP contribution in [0.4, 0.5) is 10.1 Å². The van der Waals surface area contributed by atoms with Gasteiger partial charge >= 0.3 is 0 Å². The van der Waals surface area contributed by atoms with E-state index in [1.807, 2.05) is 23.4 Å². The summed E-state index contributed by atoms with van der Waals surface area (Å²) in [5.41, 5.74) is 3.35. The summed E-state index contributed by atoms with van der Waals surface area (Å²) in [6, 6.07) is 8.94. The van der Waals surface area contributed by atoms with E-state index >= 15 is 0 Å². The second-order valence-corrected chi connectivity index (χ2v) is 7.34. The number of piperazine rings is 1. The average molecular weight is 396 g/mol. The van der Waals surface area contributed by atoms with Gasteiger partial charge in [0.15, 0.2) is 0 Å². The molecular formula is C22H25FN4O2. The van der Waals surface area contributed by atoms with Crippen LogP contribution in [0.15, 0.2) is 42.7 Å². The van der Waals surface area contributed by atoms with E-state index in [9.17, 15) is 9.18 Å². The lowest BCUT2D eigenvalue weighted by molar-refractivity contribution is -0.129. The fourth-order valence-electron chi connectivity index (χ4n) is 3.96.